The third-order valence-corrected chi connectivity index (χ3v) is 5.66. The van der Waals surface area contributed by atoms with Gasteiger partial charge >= 0.3 is 0 Å². The Kier molecular flexibility index (Phi) is 4.88. The van der Waals surface area contributed by atoms with Gasteiger partial charge in [0.2, 0.25) is 10.0 Å². The summed E-state index contributed by atoms with van der Waals surface area (Å²) in [4.78, 5) is -0.307. The lowest BCUT2D eigenvalue weighted by Crippen LogP contribution is -2.48. The van der Waals surface area contributed by atoms with Gasteiger partial charge in [-0.25, -0.2) is 12.8 Å². The molecule has 5 nitrogen and oxygen atoms in total. The number of morpholine rings is 1. The van der Waals surface area contributed by atoms with Gasteiger partial charge in [-0.1, -0.05) is 23.2 Å². The minimum absolute atomic E-state index is 0.111. The van der Waals surface area contributed by atoms with Gasteiger partial charge in [0.25, 0.3) is 0 Å². The molecule has 1 fully saturated rings. The molecule has 9 heteroatoms. The summed E-state index contributed by atoms with van der Waals surface area (Å²) >= 11 is 11.3. The van der Waals surface area contributed by atoms with E-state index >= 15 is 0 Å². The Morgan fingerprint density at radius 2 is 2.15 bits per heavy atom. The Hall–Kier alpha value is -0.440. The predicted molar refractivity (Wildman–Crippen MR) is 74.0 cm³/mol. The molecule has 1 saturated heterocycles. The maximum Gasteiger partial charge on any atom is 0.244 e. The van der Waals surface area contributed by atoms with Gasteiger partial charge in [-0.05, 0) is 12.1 Å². The molecular formula is C11H13Cl2FN2O3S. The summed E-state index contributed by atoms with van der Waals surface area (Å²) < 4.78 is 45.1. The van der Waals surface area contributed by atoms with Crippen LogP contribution in [0.3, 0.4) is 0 Å². The Morgan fingerprint density at radius 3 is 2.80 bits per heavy atom. The predicted octanol–water partition coefficient (Wildman–Crippen LogP) is 1.48. The first-order valence-electron chi connectivity index (χ1n) is 5.83. The minimum atomic E-state index is -3.91. The second-order valence-electron chi connectivity index (χ2n) is 4.27. The summed E-state index contributed by atoms with van der Waals surface area (Å²) in [5.74, 6) is -0.946. The lowest BCUT2D eigenvalue weighted by Gasteiger charge is -2.31. The van der Waals surface area contributed by atoms with Gasteiger partial charge in [-0.3, -0.25) is 0 Å². The topological polar surface area (TPSA) is 72.6 Å². The third kappa shape index (κ3) is 2.93. The van der Waals surface area contributed by atoms with E-state index in [4.69, 9.17) is 33.7 Å². The first-order valence-corrected chi connectivity index (χ1v) is 8.03. The highest BCUT2D eigenvalue weighted by molar-refractivity contribution is 7.89. The van der Waals surface area contributed by atoms with E-state index in [9.17, 15) is 12.8 Å². The number of rotatable bonds is 3. The van der Waals surface area contributed by atoms with Crippen molar-refractivity contribution < 1.29 is 17.5 Å². The number of benzene rings is 1. The van der Waals surface area contributed by atoms with E-state index in [2.05, 4.69) is 0 Å². The van der Waals surface area contributed by atoms with Crippen LogP contribution in [-0.4, -0.2) is 45.1 Å². The van der Waals surface area contributed by atoms with Gasteiger partial charge in [-0.2, -0.15) is 4.31 Å². The standard InChI is InChI=1S/C11H13Cl2FN2O3S/c12-8-1-2-9(10(13)11(8)14)20(17,18)16-3-4-19-7(5-15)6-16/h1-2,7H,3-6,15H2. The van der Waals surface area contributed by atoms with Crippen molar-refractivity contribution in [2.24, 2.45) is 5.73 Å². The van der Waals surface area contributed by atoms with E-state index in [1.54, 1.807) is 0 Å². The number of sulfonamides is 1. The second-order valence-corrected chi connectivity index (χ2v) is 6.96. The van der Waals surface area contributed by atoms with Crippen LogP contribution in [0.15, 0.2) is 17.0 Å². The molecule has 0 radical (unpaired) electrons. The van der Waals surface area contributed by atoms with E-state index in [0.717, 1.165) is 6.07 Å². The zero-order valence-corrected chi connectivity index (χ0v) is 12.7. The molecule has 20 heavy (non-hydrogen) atoms. The molecule has 0 aromatic heterocycles. The SMILES string of the molecule is NCC1CN(S(=O)(=O)c2ccc(Cl)c(F)c2Cl)CCO1. The fourth-order valence-electron chi connectivity index (χ4n) is 1.90. The van der Waals surface area contributed by atoms with Crippen LogP contribution in [0.5, 0.6) is 0 Å². The van der Waals surface area contributed by atoms with Crippen LogP contribution in [0.25, 0.3) is 0 Å². The monoisotopic (exact) mass is 342 g/mol. The molecule has 1 aromatic rings. The van der Waals surface area contributed by atoms with Crippen LogP contribution in [0.1, 0.15) is 0 Å². The zero-order valence-electron chi connectivity index (χ0n) is 10.4. The molecule has 1 aliphatic rings. The van der Waals surface area contributed by atoms with Crippen molar-refractivity contribution in [2.45, 2.75) is 11.0 Å². The summed E-state index contributed by atoms with van der Waals surface area (Å²) in [7, 11) is -3.91. The van der Waals surface area contributed by atoms with Gasteiger partial charge < -0.3 is 10.5 Å². The maximum absolute atomic E-state index is 13.6. The van der Waals surface area contributed by atoms with E-state index < -0.39 is 20.9 Å². The van der Waals surface area contributed by atoms with Crippen LogP contribution in [0.2, 0.25) is 10.0 Å². The fourth-order valence-corrected chi connectivity index (χ4v) is 4.07. The van der Waals surface area contributed by atoms with E-state index in [-0.39, 0.29) is 42.3 Å². The third-order valence-electron chi connectivity index (χ3n) is 2.98. The van der Waals surface area contributed by atoms with E-state index in [0.29, 0.717) is 0 Å². The largest absolute Gasteiger partial charge is 0.374 e. The summed E-state index contributed by atoms with van der Waals surface area (Å²) in [5.41, 5.74) is 5.47. The van der Waals surface area contributed by atoms with E-state index in [1.165, 1.54) is 10.4 Å². The van der Waals surface area contributed by atoms with Crippen molar-refractivity contribution in [1.82, 2.24) is 4.31 Å². The normalized spacial score (nSPS) is 21.1. The first-order chi connectivity index (χ1) is 9.37. The highest BCUT2D eigenvalue weighted by Crippen LogP contribution is 2.31. The molecule has 2 N–H and O–H groups in total. The van der Waals surface area contributed by atoms with Gasteiger partial charge in [0.15, 0.2) is 5.82 Å². The van der Waals surface area contributed by atoms with Crippen LogP contribution in [0.4, 0.5) is 4.39 Å². The number of halogens is 3. The average molecular weight is 343 g/mol. The van der Waals surface area contributed by atoms with Crippen molar-refractivity contribution in [1.29, 1.82) is 0 Å². The molecule has 112 valence electrons. The maximum atomic E-state index is 13.6. The van der Waals surface area contributed by atoms with Gasteiger partial charge in [0.05, 0.1) is 22.8 Å². The molecule has 0 bridgehead atoms. The molecule has 2 rings (SSSR count). The molecule has 0 amide bonds. The van der Waals surface area contributed by atoms with Crippen molar-refractivity contribution >= 4 is 33.2 Å². The van der Waals surface area contributed by atoms with Crippen molar-refractivity contribution in [3.63, 3.8) is 0 Å². The number of hydrogen-bond donors (Lipinski definition) is 1. The average Bonchev–Trinajstić information content (AvgIpc) is 2.44. The molecule has 1 unspecified atom stereocenters. The number of nitrogens with two attached hydrogens (primary N) is 1. The Bertz CT molecular complexity index is 612. The second kappa shape index (κ2) is 6.13. The Labute approximate surface area is 126 Å². The molecule has 0 aliphatic carbocycles. The lowest BCUT2D eigenvalue weighted by atomic mass is 10.3. The highest BCUT2D eigenvalue weighted by atomic mass is 35.5. The molecule has 1 heterocycles. The highest BCUT2D eigenvalue weighted by Gasteiger charge is 2.32. The van der Waals surface area contributed by atoms with Crippen molar-refractivity contribution in [2.75, 3.05) is 26.2 Å². The lowest BCUT2D eigenvalue weighted by molar-refractivity contribution is 0.00450. The van der Waals surface area contributed by atoms with Crippen molar-refractivity contribution in [3.05, 3.63) is 28.0 Å². The number of hydrogen-bond acceptors (Lipinski definition) is 4. The van der Waals surface area contributed by atoms with Crippen LogP contribution >= 0.6 is 23.2 Å². The smallest absolute Gasteiger partial charge is 0.244 e. The summed E-state index contributed by atoms with van der Waals surface area (Å²) in [6.45, 7) is 0.711. The molecule has 0 spiro atoms. The van der Waals surface area contributed by atoms with Crippen LogP contribution in [-0.2, 0) is 14.8 Å². The van der Waals surface area contributed by atoms with Gasteiger partial charge in [0.1, 0.15) is 4.90 Å². The molecule has 1 aromatic carbocycles. The number of nitrogens with zero attached hydrogens (tertiary/aromatic N) is 1. The Balaban J connectivity index is 2.38. The minimum Gasteiger partial charge on any atom is -0.374 e. The molecule has 1 aliphatic heterocycles. The zero-order chi connectivity index (χ0) is 14.9. The van der Waals surface area contributed by atoms with Gasteiger partial charge in [-0.15, -0.1) is 0 Å². The summed E-state index contributed by atoms with van der Waals surface area (Å²) in [5, 5.41) is -0.732. The molecule has 0 saturated carbocycles. The Morgan fingerprint density at radius 1 is 1.45 bits per heavy atom. The fraction of sp³-hybridized carbons (Fsp3) is 0.455. The summed E-state index contributed by atoms with van der Waals surface area (Å²) in [6.07, 6.45) is -0.380. The van der Waals surface area contributed by atoms with E-state index in [1.807, 2.05) is 0 Å². The first kappa shape index (κ1) is 15.9. The summed E-state index contributed by atoms with van der Waals surface area (Å²) in [6, 6.07) is 2.35. The van der Waals surface area contributed by atoms with Gasteiger partial charge in [0, 0.05) is 19.6 Å². The van der Waals surface area contributed by atoms with Crippen LogP contribution in [0, 0.1) is 5.82 Å². The number of ether oxygens (including phenoxy) is 1. The molecular weight excluding hydrogens is 330 g/mol. The quantitative estimate of drug-likeness (QED) is 0.844. The van der Waals surface area contributed by atoms with Crippen LogP contribution < -0.4 is 5.73 Å². The molecule has 1 atom stereocenters. The van der Waals surface area contributed by atoms with Crippen molar-refractivity contribution in [3.8, 4) is 0 Å².